The third-order valence-electron chi connectivity index (χ3n) is 4.32. The van der Waals surface area contributed by atoms with Gasteiger partial charge in [-0.25, -0.2) is 0 Å². The molecule has 1 aromatic heterocycles. The van der Waals surface area contributed by atoms with E-state index in [1.165, 1.54) is 42.4 Å². The molecular weight excluding hydrogens is 246 g/mol. The first-order chi connectivity index (χ1) is 9.86. The summed E-state index contributed by atoms with van der Waals surface area (Å²) in [5.41, 5.74) is 4.38. The van der Waals surface area contributed by atoms with Crippen LogP contribution in [0.25, 0.3) is 0 Å². The molecule has 2 nitrogen and oxygen atoms in total. The lowest BCUT2D eigenvalue weighted by atomic mass is 9.81. The highest BCUT2D eigenvalue weighted by Crippen LogP contribution is 2.34. The van der Waals surface area contributed by atoms with E-state index < -0.39 is 0 Å². The molecule has 2 aromatic rings. The van der Waals surface area contributed by atoms with Gasteiger partial charge in [0.2, 0.25) is 0 Å². The molecule has 1 aliphatic carbocycles. The number of fused-ring (bicyclic) bond motifs is 1. The number of aromatic nitrogens is 1. The van der Waals surface area contributed by atoms with E-state index in [1.807, 2.05) is 18.3 Å². The maximum Gasteiger partial charge on any atom is 0.118 e. The van der Waals surface area contributed by atoms with Crippen LogP contribution in [0.5, 0.6) is 5.75 Å². The number of hydrogen-bond donors (Lipinski definition) is 0. The lowest BCUT2D eigenvalue weighted by Crippen LogP contribution is -2.11. The zero-order valence-electron chi connectivity index (χ0n) is 12.0. The predicted molar refractivity (Wildman–Crippen MR) is 81.2 cm³/mol. The van der Waals surface area contributed by atoms with Gasteiger partial charge in [-0.05, 0) is 72.9 Å². The Labute approximate surface area is 120 Å². The minimum atomic E-state index is 0.698. The summed E-state index contributed by atoms with van der Waals surface area (Å²) in [5.74, 6) is 1.63. The van der Waals surface area contributed by atoms with E-state index >= 15 is 0 Å². The van der Waals surface area contributed by atoms with Crippen LogP contribution in [0.15, 0.2) is 42.7 Å². The number of benzene rings is 1. The number of nitrogens with zero attached hydrogens (tertiary/aromatic N) is 1. The van der Waals surface area contributed by atoms with Gasteiger partial charge in [0.05, 0.1) is 7.11 Å². The number of hydrogen-bond acceptors (Lipinski definition) is 2. The molecule has 2 heteroatoms. The van der Waals surface area contributed by atoms with Crippen LogP contribution in [0, 0.1) is 0 Å². The van der Waals surface area contributed by atoms with Crippen molar-refractivity contribution in [3.05, 3.63) is 59.4 Å². The zero-order chi connectivity index (χ0) is 13.8. The Morgan fingerprint density at radius 2 is 2.05 bits per heavy atom. The Hall–Kier alpha value is -1.83. The molecule has 1 unspecified atom stereocenters. The molecule has 0 radical (unpaired) electrons. The number of methoxy groups -OCH3 is 1. The summed E-state index contributed by atoms with van der Waals surface area (Å²) in [6.45, 7) is 0. The van der Waals surface area contributed by atoms with Gasteiger partial charge in [-0.15, -0.1) is 0 Å². The molecule has 0 N–H and O–H groups in total. The quantitative estimate of drug-likeness (QED) is 0.830. The lowest BCUT2D eigenvalue weighted by molar-refractivity contribution is 0.414. The topological polar surface area (TPSA) is 22.1 Å². The average molecular weight is 267 g/mol. The molecule has 0 amide bonds. The first-order valence-corrected chi connectivity index (χ1v) is 7.42. The van der Waals surface area contributed by atoms with E-state index in [2.05, 4.69) is 29.4 Å². The van der Waals surface area contributed by atoms with Gasteiger partial charge in [-0.3, -0.25) is 4.98 Å². The summed E-state index contributed by atoms with van der Waals surface area (Å²) in [7, 11) is 1.71. The average Bonchev–Trinajstić information content (AvgIpc) is 2.53. The van der Waals surface area contributed by atoms with Crippen molar-refractivity contribution in [2.45, 2.75) is 38.0 Å². The summed E-state index contributed by atoms with van der Waals surface area (Å²) >= 11 is 0. The molecule has 1 heterocycles. The second-order valence-electron chi connectivity index (χ2n) is 5.55. The molecule has 0 bridgehead atoms. The SMILES string of the molecule is COc1ccc(CCC2CCCc3cnccc32)cc1. The highest BCUT2D eigenvalue weighted by Gasteiger charge is 2.19. The number of ether oxygens (including phenoxy) is 1. The van der Waals surface area contributed by atoms with Gasteiger partial charge in [-0.2, -0.15) is 0 Å². The van der Waals surface area contributed by atoms with Gasteiger partial charge in [0, 0.05) is 12.4 Å². The van der Waals surface area contributed by atoms with Gasteiger partial charge in [-0.1, -0.05) is 12.1 Å². The summed E-state index contributed by atoms with van der Waals surface area (Å²) in [5, 5.41) is 0. The normalized spacial score (nSPS) is 17.6. The van der Waals surface area contributed by atoms with Crippen LogP contribution in [0.1, 0.15) is 41.9 Å². The molecule has 0 spiro atoms. The molecule has 20 heavy (non-hydrogen) atoms. The monoisotopic (exact) mass is 267 g/mol. The Balaban J connectivity index is 1.66. The van der Waals surface area contributed by atoms with Crippen LogP contribution in [-0.2, 0) is 12.8 Å². The minimum Gasteiger partial charge on any atom is -0.497 e. The van der Waals surface area contributed by atoms with Crippen molar-refractivity contribution < 1.29 is 4.74 Å². The van der Waals surface area contributed by atoms with E-state index in [-0.39, 0.29) is 0 Å². The fraction of sp³-hybridized carbons (Fsp3) is 0.389. The van der Waals surface area contributed by atoms with Crippen LogP contribution < -0.4 is 4.74 Å². The Morgan fingerprint density at radius 3 is 2.85 bits per heavy atom. The summed E-state index contributed by atoms with van der Waals surface area (Å²) in [6, 6.07) is 10.7. The van der Waals surface area contributed by atoms with Gasteiger partial charge in [0.15, 0.2) is 0 Å². The Kier molecular flexibility index (Phi) is 4.00. The van der Waals surface area contributed by atoms with E-state index in [0.29, 0.717) is 5.92 Å². The molecular formula is C18H21NO. The molecule has 1 atom stereocenters. The molecule has 3 rings (SSSR count). The minimum absolute atomic E-state index is 0.698. The first-order valence-electron chi connectivity index (χ1n) is 7.42. The lowest BCUT2D eigenvalue weighted by Gasteiger charge is -2.25. The Bertz CT molecular complexity index is 562. The van der Waals surface area contributed by atoms with Crippen LogP contribution in [0.2, 0.25) is 0 Å². The predicted octanol–water partition coefficient (Wildman–Crippen LogP) is 4.14. The van der Waals surface area contributed by atoms with Gasteiger partial charge in [0.25, 0.3) is 0 Å². The number of aryl methyl sites for hydroxylation is 2. The third kappa shape index (κ3) is 2.84. The second-order valence-corrected chi connectivity index (χ2v) is 5.55. The molecule has 1 aliphatic rings. The van der Waals surface area contributed by atoms with E-state index in [9.17, 15) is 0 Å². The fourth-order valence-corrected chi connectivity index (χ4v) is 3.17. The van der Waals surface area contributed by atoms with E-state index in [1.54, 1.807) is 7.11 Å². The molecule has 0 saturated carbocycles. The van der Waals surface area contributed by atoms with Gasteiger partial charge >= 0.3 is 0 Å². The zero-order valence-corrected chi connectivity index (χ0v) is 12.0. The smallest absolute Gasteiger partial charge is 0.118 e. The van der Waals surface area contributed by atoms with Crippen molar-refractivity contribution >= 4 is 0 Å². The van der Waals surface area contributed by atoms with Crippen molar-refractivity contribution in [1.29, 1.82) is 0 Å². The van der Waals surface area contributed by atoms with Crippen LogP contribution in [0.3, 0.4) is 0 Å². The fourth-order valence-electron chi connectivity index (χ4n) is 3.17. The van der Waals surface area contributed by atoms with E-state index in [4.69, 9.17) is 4.74 Å². The first kappa shape index (κ1) is 13.2. The van der Waals surface area contributed by atoms with Crippen molar-refractivity contribution in [3.8, 4) is 5.75 Å². The summed E-state index contributed by atoms with van der Waals surface area (Å²) in [6.07, 6.45) is 10.2. The Morgan fingerprint density at radius 1 is 1.20 bits per heavy atom. The second kappa shape index (κ2) is 6.08. The van der Waals surface area contributed by atoms with Crippen molar-refractivity contribution in [2.75, 3.05) is 7.11 Å². The van der Waals surface area contributed by atoms with Crippen molar-refractivity contribution in [3.63, 3.8) is 0 Å². The molecule has 1 aromatic carbocycles. The highest BCUT2D eigenvalue weighted by molar-refractivity contribution is 5.31. The third-order valence-corrected chi connectivity index (χ3v) is 4.32. The van der Waals surface area contributed by atoms with Crippen LogP contribution in [0.4, 0.5) is 0 Å². The number of rotatable bonds is 4. The number of pyridine rings is 1. The summed E-state index contributed by atoms with van der Waals surface area (Å²) < 4.78 is 5.20. The molecule has 0 aliphatic heterocycles. The highest BCUT2D eigenvalue weighted by atomic mass is 16.5. The van der Waals surface area contributed by atoms with Crippen LogP contribution >= 0.6 is 0 Å². The molecule has 104 valence electrons. The van der Waals surface area contributed by atoms with E-state index in [0.717, 1.165) is 12.2 Å². The molecule has 0 fully saturated rings. The maximum absolute atomic E-state index is 5.20. The van der Waals surface area contributed by atoms with Crippen molar-refractivity contribution in [1.82, 2.24) is 4.98 Å². The van der Waals surface area contributed by atoms with Gasteiger partial charge < -0.3 is 4.74 Å². The summed E-state index contributed by atoms with van der Waals surface area (Å²) in [4.78, 5) is 4.26. The largest absolute Gasteiger partial charge is 0.497 e. The van der Waals surface area contributed by atoms with Crippen LogP contribution in [-0.4, -0.2) is 12.1 Å². The standard InChI is InChI=1S/C18H21NO/c1-20-17-9-6-14(7-10-17)5-8-15-3-2-4-16-13-19-12-11-18(15)16/h6-7,9-13,15H,2-5,8H2,1H3. The maximum atomic E-state index is 5.20. The molecule has 0 saturated heterocycles. The van der Waals surface area contributed by atoms with Gasteiger partial charge in [0.1, 0.15) is 5.75 Å². The van der Waals surface area contributed by atoms with Crippen molar-refractivity contribution in [2.24, 2.45) is 0 Å².